The number of ether oxygens (including phenoxy) is 2. The van der Waals surface area contributed by atoms with Crippen molar-refractivity contribution in [1.82, 2.24) is 0 Å². The van der Waals surface area contributed by atoms with Gasteiger partial charge in [0.15, 0.2) is 0 Å². The second kappa shape index (κ2) is 7.39. The summed E-state index contributed by atoms with van der Waals surface area (Å²) in [6.07, 6.45) is 0.647. The molecule has 9 heteroatoms. The van der Waals surface area contributed by atoms with Gasteiger partial charge in [-0.3, -0.25) is 0 Å². The normalized spacial score (nSPS) is 18.5. The number of allylic oxidation sites excluding steroid dienone is 2. The van der Waals surface area contributed by atoms with E-state index >= 15 is 0 Å². The topological polar surface area (TPSA) is 61.8 Å². The van der Waals surface area contributed by atoms with Gasteiger partial charge in [0.2, 0.25) is 0 Å². The van der Waals surface area contributed by atoms with Gasteiger partial charge in [0.25, 0.3) is 0 Å². The summed E-state index contributed by atoms with van der Waals surface area (Å²) in [4.78, 5) is 0. The number of alkyl halides is 3. The molecule has 2 aromatic carbocycles. The van der Waals surface area contributed by atoms with E-state index in [9.17, 15) is 21.6 Å². The molecule has 1 aliphatic heterocycles. The smallest absolute Gasteiger partial charge is 0.489 e. The summed E-state index contributed by atoms with van der Waals surface area (Å²) < 4.78 is 76.8. The number of hydrogen-bond acceptors (Lipinski definition) is 5. The highest BCUT2D eigenvalue weighted by atomic mass is 32.2. The van der Waals surface area contributed by atoms with Crippen molar-refractivity contribution < 1.29 is 35.2 Å². The molecule has 4 rings (SSSR count). The van der Waals surface area contributed by atoms with Gasteiger partial charge in [-0.15, -0.1) is 0 Å². The zero-order valence-electron chi connectivity index (χ0n) is 15.6. The van der Waals surface area contributed by atoms with Crippen LogP contribution in [0.2, 0.25) is 0 Å². The molecule has 0 spiro atoms. The Hall–Kier alpha value is -2.94. The van der Waals surface area contributed by atoms with Crippen molar-refractivity contribution in [2.24, 2.45) is 0 Å². The molecular formula is C21H17F3O5S. The minimum absolute atomic E-state index is 0.196. The molecule has 5 nitrogen and oxygen atoms in total. The minimum atomic E-state index is -5.84. The molecule has 0 aromatic heterocycles. The standard InChI is InChI=1S/C21H17F3O5S/c1-13-9-16-17-11-15(27-12-14-5-3-2-4-6-14)7-8-19(17)28-20(18(16)10-13)29-30(25,26)21(22,23)24/h2-8,11,16H,1,9-10,12H2/t16-/m0/s1. The zero-order valence-corrected chi connectivity index (χ0v) is 16.4. The van der Waals surface area contributed by atoms with E-state index < -0.39 is 21.6 Å². The van der Waals surface area contributed by atoms with Gasteiger partial charge in [0.1, 0.15) is 18.1 Å². The lowest BCUT2D eigenvalue weighted by Gasteiger charge is -2.26. The van der Waals surface area contributed by atoms with Crippen molar-refractivity contribution in [3.8, 4) is 11.5 Å². The van der Waals surface area contributed by atoms with Crippen LogP contribution in [-0.2, 0) is 20.9 Å². The van der Waals surface area contributed by atoms with Gasteiger partial charge in [-0.1, -0.05) is 42.5 Å². The van der Waals surface area contributed by atoms with Gasteiger partial charge in [-0.25, -0.2) is 0 Å². The lowest BCUT2D eigenvalue weighted by molar-refractivity contribution is -0.0544. The predicted molar refractivity (Wildman–Crippen MR) is 102 cm³/mol. The molecule has 1 atom stereocenters. The minimum Gasteiger partial charge on any atom is -0.489 e. The Labute approximate surface area is 171 Å². The van der Waals surface area contributed by atoms with E-state index in [2.05, 4.69) is 10.8 Å². The number of benzene rings is 2. The molecule has 1 fully saturated rings. The van der Waals surface area contributed by atoms with Gasteiger partial charge < -0.3 is 13.7 Å². The summed E-state index contributed by atoms with van der Waals surface area (Å²) in [6, 6.07) is 14.4. The van der Waals surface area contributed by atoms with Crippen LogP contribution >= 0.6 is 0 Å². The lowest BCUT2D eigenvalue weighted by Crippen LogP contribution is -2.28. The van der Waals surface area contributed by atoms with Crippen LogP contribution in [0.25, 0.3) is 0 Å². The van der Waals surface area contributed by atoms with E-state index in [1.807, 2.05) is 30.3 Å². The second-order valence-electron chi connectivity index (χ2n) is 7.06. The van der Waals surface area contributed by atoms with Crippen LogP contribution in [0.3, 0.4) is 0 Å². The molecule has 158 valence electrons. The van der Waals surface area contributed by atoms with Crippen LogP contribution in [0.1, 0.15) is 29.9 Å². The molecule has 0 unspecified atom stereocenters. The Morgan fingerprint density at radius 2 is 1.87 bits per heavy atom. The number of fused-ring (bicyclic) bond motifs is 3. The Kier molecular flexibility index (Phi) is 5.01. The molecule has 0 radical (unpaired) electrons. The van der Waals surface area contributed by atoms with Gasteiger partial charge in [-0.2, -0.15) is 21.6 Å². The third-order valence-electron chi connectivity index (χ3n) is 4.89. The van der Waals surface area contributed by atoms with Crippen molar-refractivity contribution in [3.63, 3.8) is 0 Å². The molecular weight excluding hydrogens is 421 g/mol. The maximum absolute atomic E-state index is 12.8. The first-order chi connectivity index (χ1) is 14.1. The maximum atomic E-state index is 12.8. The quantitative estimate of drug-likeness (QED) is 0.366. The highest BCUT2D eigenvalue weighted by Gasteiger charge is 2.50. The Morgan fingerprint density at radius 3 is 2.57 bits per heavy atom. The number of halogens is 3. The van der Waals surface area contributed by atoms with Crippen LogP contribution in [0.5, 0.6) is 11.5 Å². The summed E-state index contributed by atoms with van der Waals surface area (Å²) in [5.41, 5.74) is -2.82. The molecule has 0 N–H and O–H groups in total. The summed E-state index contributed by atoms with van der Waals surface area (Å²) >= 11 is 0. The third kappa shape index (κ3) is 3.89. The Balaban J connectivity index is 1.62. The predicted octanol–water partition coefficient (Wildman–Crippen LogP) is 5.17. The Bertz CT molecular complexity index is 1120. The van der Waals surface area contributed by atoms with Crippen molar-refractivity contribution >= 4 is 10.1 Å². The third-order valence-corrected chi connectivity index (χ3v) is 5.83. The van der Waals surface area contributed by atoms with Crippen molar-refractivity contribution in [1.29, 1.82) is 0 Å². The summed E-state index contributed by atoms with van der Waals surface area (Å²) in [7, 11) is -5.84. The number of hydrogen-bond donors (Lipinski definition) is 0. The SMILES string of the molecule is C=C1CC2=C(OS(=O)(=O)C(F)(F)F)Oc3ccc(OCc4ccccc4)cc3[C@@H]2C1. The molecule has 1 aliphatic carbocycles. The van der Waals surface area contributed by atoms with E-state index in [0.717, 1.165) is 11.1 Å². The average Bonchev–Trinajstić information content (AvgIpc) is 3.08. The molecule has 30 heavy (non-hydrogen) atoms. The zero-order chi connectivity index (χ0) is 21.5. The van der Waals surface area contributed by atoms with E-state index in [1.54, 1.807) is 12.1 Å². The van der Waals surface area contributed by atoms with Crippen LogP contribution in [0, 0.1) is 0 Å². The fraction of sp³-hybridized carbons (Fsp3) is 0.238. The molecule has 1 heterocycles. The molecule has 2 aromatic rings. The fourth-order valence-electron chi connectivity index (χ4n) is 3.49. The van der Waals surface area contributed by atoms with E-state index in [1.165, 1.54) is 6.07 Å². The van der Waals surface area contributed by atoms with Crippen molar-refractivity contribution in [2.75, 3.05) is 0 Å². The molecule has 0 saturated heterocycles. The number of rotatable bonds is 5. The van der Waals surface area contributed by atoms with E-state index in [4.69, 9.17) is 9.47 Å². The van der Waals surface area contributed by atoms with Crippen LogP contribution in [0.4, 0.5) is 13.2 Å². The second-order valence-corrected chi connectivity index (χ2v) is 8.59. The lowest BCUT2D eigenvalue weighted by atomic mass is 9.91. The van der Waals surface area contributed by atoms with Crippen LogP contribution in [0.15, 0.2) is 72.2 Å². The first-order valence-electron chi connectivity index (χ1n) is 9.03. The highest BCUT2D eigenvalue weighted by Crippen LogP contribution is 2.51. The summed E-state index contributed by atoms with van der Waals surface area (Å²) in [5, 5.41) is 0. The monoisotopic (exact) mass is 438 g/mol. The summed E-state index contributed by atoms with van der Waals surface area (Å²) in [5.74, 6) is -0.260. The van der Waals surface area contributed by atoms with Crippen LogP contribution in [-0.4, -0.2) is 13.9 Å². The molecule has 0 amide bonds. The summed E-state index contributed by atoms with van der Waals surface area (Å²) in [6.45, 7) is 4.23. The van der Waals surface area contributed by atoms with Crippen LogP contribution < -0.4 is 9.47 Å². The first kappa shape index (κ1) is 20.3. The highest BCUT2D eigenvalue weighted by molar-refractivity contribution is 7.87. The van der Waals surface area contributed by atoms with Gasteiger partial charge in [0, 0.05) is 17.1 Å². The maximum Gasteiger partial charge on any atom is 0.534 e. The molecule has 1 saturated carbocycles. The Morgan fingerprint density at radius 1 is 1.13 bits per heavy atom. The largest absolute Gasteiger partial charge is 0.534 e. The molecule has 2 aliphatic rings. The first-order valence-corrected chi connectivity index (χ1v) is 10.4. The van der Waals surface area contributed by atoms with Crippen molar-refractivity contribution in [3.05, 3.63) is 83.3 Å². The van der Waals surface area contributed by atoms with E-state index in [0.29, 0.717) is 29.9 Å². The molecule has 0 bridgehead atoms. The van der Waals surface area contributed by atoms with Gasteiger partial charge in [0.05, 0.1) is 0 Å². The average molecular weight is 438 g/mol. The fourth-order valence-corrected chi connectivity index (χ4v) is 3.93. The van der Waals surface area contributed by atoms with Crippen molar-refractivity contribution in [2.45, 2.75) is 30.9 Å². The van der Waals surface area contributed by atoms with E-state index in [-0.39, 0.29) is 18.1 Å². The van der Waals surface area contributed by atoms with Gasteiger partial charge >= 0.3 is 21.6 Å². The van der Waals surface area contributed by atoms with Gasteiger partial charge in [-0.05, 0) is 36.6 Å².